The second-order valence-corrected chi connectivity index (χ2v) is 6.81. The van der Waals surface area contributed by atoms with Crippen LogP contribution in [0.3, 0.4) is 0 Å². The van der Waals surface area contributed by atoms with Crippen molar-refractivity contribution in [2.45, 2.75) is 32.7 Å². The Hall–Kier alpha value is -2.77. The van der Waals surface area contributed by atoms with E-state index in [-0.39, 0.29) is 18.2 Å². The summed E-state index contributed by atoms with van der Waals surface area (Å²) in [6, 6.07) is 7.09. The third-order valence-electron chi connectivity index (χ3n) is 5.00. The highest BCUT2D eigenvalue weighted by molar-refractivity contribution is 5.96. The quantitative estimate of drug-likeness (QED) is 0.618. The van der Waals surface area contributed by atoms with Crippen molar-refractivity contribution < 1.29 is 14.1 Å². The summed E-state index contributed by atoms with van der Waals surface area (Å²) in [5.41, 5.74) is 4.89. The lowest BCUT2D eigenvalue weighted by molar-refractivity contribution is 0.0979. The molecule has 1 aliphatic rings. The average molecular weight is 415 g/mol. The van der Waals surface area contributed by atoms with Gasteiger partial charge in [0.25, 0.3) is 0 Å². The molecule has 7 nitrogen and oxygen atoms in total. The first kappa shape index (κ1) is 21.0. The molecular weight excluding hydrogens is 392 g/mol. The zero-order valence-electron chi connectivity index (χ0n) is 16.4. The maximum Gasteiger partial charge on any atom is 0.227 e. The summed E-state index contributed by atoms with van der Waals surface area (Å²) in [4.78, 5) is 21.4. The number of nitrogens with one attached hydrogen (secondary N) is 1. The number of aryl methyl sites for hydroxylation is 2. The van der Waals surface area contributed by atoms with E-state index in [1.807, 2.05) is 13.1 Å². The maximum absolute atomic E-state index is 12.4. The summed E-state index contributed by atoms with van der Waals surface area (Å²) >= 11 is 0. The van der Waals surface area contributed by atoms with Gasteiger partial charge in [-0.05, 0) is 55.3 Å². The first-order valence-electron chi connectivity index (χ1n) is 9.34. The van der Waals surface area contributed by atoms with Gasteiger partial charge in [-0.1, -0.05) is 5.16 Å². The standard InChI is InChI=1S/C21H22N4O3.ClH/c1-13-20(17-9-10-22-11-15(17)12-23-13)21-24-19(28-25-21)8-7-18(26)14-3-5-16(27-2)6-4-14;/h3-6,12,22H,7-11H2,1-2H3;1H. The van der Waals surface area contributed by atoms with Crippen LogP contribution >= 0.6 is 12.4 Å². The van der Waals surface area contributed by atoms with E-state index in [0.29, 0.717) is 30.1 Å². The normalized spacial score (nSPS) is 12.8. The molecule has 3 heterocycles. The molecule has 29 heavy (non-hydrogen) atoms. The van der Waals surface area contributed by atoms with E-state index in [0.717, 1.165) is 36.5 Å². The molecule has 0 unspecified atom stereocenters. The number of ketones is 1. The van der Waals surface area contributed by atoms with Crippen molar-refractivity contribution in [2.75, 3.05) is 13.7 Å². The van der Waals surface area contributed by atoms with E-state index >= 15 is 0 Å². The van der Waals surface area contributed by atoms with E-state index in [9.17, 15) is 4.79 Å². The number of Topliss-reactive ketones (excluding diaryl/α,β-unsaturated/α-hetero) is 1. The predicted molar refractivity (Wildman–Crippen MR) is 111 cm³/mol. The topological polar surface area (TPSA) is 90.1 Å². The van der Waals surface area contributed by atoms with Crippen molar-refractivity contribution in [1.82, 2.24) is 20.4 Å². The number of methoxy groups -OCH3 is 1. The van der Waals surface area contributed by atoms with Gasteiger partial charge in [-0.3, -0.25) is 9.78 Å². The van der Waals surface area contributed by atoms with Crippen molar-refractivity contribution in [3.63, 3.8) is 0 Å². The van der Waals surface area contributed by atoms with Crippen LogP contribution in [0.25, 0.3) is 11.4 Å². The molecule has 1 aromatic carbocycles. The number of benzene rings is 1. The number of hydrogen-bond donors (Lipinski definition) is 1. The molecule has 0 bridgehead atoms. The smallest absolute Gasteiger partial charge is 0.227 e. The number of pyridine rings is 1. The molecule has 8 heteroatoms. The second kappa shape index (κ2) is 9.15. The molecule has 0 atom stereocenters. The van der Waals surface area contributed by atoms with Crippen molar-refractivity contribution >= 4 is 18.2 Å². The average Bonchev–Trinajstić information content (AvgIpc) is 3.20. The molecule has 0 amide bonds. The maximum atomic E-state index is 12.4. The van der Waals surface area contributed by atoms with Crippen LogP contribution < -0.4 is 10.1 Å². The molecule has 3 aromatic rings. The van der Waals surface area contributed by atoms with E-state index in [1.54, 1.807) is 31.4 Å². The van der Waals surface area contributed by atoms with Gasteiger partial charge in [-0.2, -0.15) is 4.98 Å². The number of carbonyl (C=O) groups excluding carboxylic acids is 1. The number of ether oxygens (including phenoxy) is 1. The second-order valence-electron chi connectivity index (χ2n) is 6.81. The molecule has 0 spiro atoms. The summed E-state index contributed by atoms with van der Waals surface area (Å²) in [6.07, 6.45) is 3.53. The minimum absolute atomic E-state index is 0. The molecule has 2 aromatic heterocycles. The number of aromatic nitrogens is 3. The minimum atomic E-state index is 0. The van der Waals surface area contributed by atoms with Crippen molar-refractivity contribution in [3.05, 3.63) is 58.7 Å². The predicted octanol–water partition coefficient (Wildman–Crippen LogP) is 3.33. The minimum Gasteiger partial charge on any atom is -0.497 e. The zero-order valence-corrected chi connectivity index (χ0v) is 17.2. The lowest BCUT2D eigenvalue weighted by atomic mass is 9.95. The van der Waals surface area contributed by atoms with Gasteiger partial charge in [-0.15, -0.1) is 12.4 Å². The SMILES string of the molecule is COc1ccc(C(=O)CCc2nc(-c3c(C)ncc4c3CCNC4)no2)cc1.Cl. The van der Waals surface area contributed by atoms with Crippen LogP contribution in [0, 0.1) is 6.92 Å². The van der Waals surface area contributed by atoms with Crippen LogP contribution in [-0.4, -0.2) is 34.6 Å². The highest BCUT2D eigenvalue weighted by Crippen LogP contribution is 2.28. The van der Waals surface area contributed by atoms with Crippen LogP contribution in [0.5, 0.6) is 5.75 Å². The van der Waals surface area contributed by atoms with Crippen molar-refractivity contribution in [1.29, 1.82) is 0 Å². The number of halogens is 1. The Morgan fingerprint density at radius 2 is 2.07 bits per heavy atom. The third kappa shape index (κ3) is 4.46. The molecule has 1 aliphatic heterocycles. The number of nitrogens with zero attached hydrogens (tertiary/aromatic N) is 3. The molecule has 0 fully saturated rings. The van der Waals surface area contributed by atoms with Gasteiger partial charge in [0.1, 0.15) is 5.75 Å². The first-order chi connectivity index (χ1) is 13.7. The first-order valence-corrected chi connectivity index (χ1v) is 9.34. The molecule has 0 aliphatic carbocycles. The number of rotatable bonds is 6. The fourth-order valence-electron chi connectivity index (χ4n) is 3.47. The van der Waals surface area contributed by atoms with Gasteiger partial charge >= 0.3 is 0 Å². The molecule has 0 radical (unpaired) electrons. The molecule has 1 N–H and O–H groups in total. The summed E-state index contributed by atoms with van der Waals surface area (Å²) < 4.78 is 10.5. The Morgan fingerprint density at radius 1 is 1.28 bits per heavy atom. The van der Waals surface area contributed by atoms with E-state index in [1.165, 1.54) is 11.1 Å². The molecule has 0 saturated carbocycles. The highest BCUT2D eigenvalue weighted by atomic mass is 35.5. The fourth-order valence-corrected chi connectivity index (χ4v) is 3.47. The van der Waals surface area contributed by atoms with Gasteiger partial charge in [0, 0.05) is 42.4 Å². The van der Waals surface area contributed by atoms with Crippen LogP contribution in [0.1, 0.15) is 39.5 Å². The Labute approximate surface area is 175 Å². The fraction of sp³-hybridized carbons (Fsp3) is 0.333. The van der Waals surface area contributed by atoms with Crippen molar-refractivity contribution in [2.24, 2.45) is 0 Å². The Morgan fingerprint density at radius 3 is 2.83 bits per heavy atom. The van der Waals surface area contributed by atoms with E-state index in [2.05, 4.69) is 20.4 Å². The van der Waals surface area contributed by atoms with Crippen LogP contribution in [0.2, 0.25) is 0 Å². The monoisotopic (exact) mass is 414 g/mol. The van der Waals surface area contributed by atoms with Crippen LogP contribution in [0.15, 0.2) is 35.0 Å². The number of carbonyl (C=O) groups is 1. The number of fused-ring (bicyclic) bond motifs is 1. The summed E-state index contributed by atoms with van der Waals surface area (Å²) in [5.74, 6) is 1.77. The van der Waals surface area contributed by atoms with E-state index in [4.69, 9.17) is 9.26 Å². The summed E-state index contributed by atoms with van der Waals surface area (Å²) in [7, 11) is 1.60. The zero-order chi connectivity index (χ0) is 19.5. The molecule has 0 saturated heterocycles. The van der Waals surface area contributed by atoms with Gasteiger partial charge in [0.2, 0.25) is 11.7 Å². The summed E-state index contributed by atoms with van der Waals surface area (Å²) in [6.45, 7) is 3.68. The van der Waals surface area contributed by atoms with E-state index < -0.39 is 0 Å². The Balaban J connectivity index is 0.00000240. The molecule has 4 rings (SSSR count). The van der Waals surface area contributed by atoms with Crippen LogP contribution in [-0.2, 0) is 19.4 Å². The third-order valence-corrected chi connectivity index (χ3v) is 5.00. The lowest BCUT2D eigenvalue weighted by Gasteiger charge is -2.19. The number of hydrogen-bond acceptors (Lipinski definition) is 7. The van der Waals surface area contributed by atoms with Gasteiger partial charge in [0.15, 0.2) is 5.78 Å². The molecular formula is C21H23ClN4O3. The molecule has 152 valence electrons. The van der Waals surface area contributed by atoms with Gasteiger partial charge in [0.05, 0.1) is 7.11 Å². The van der Waals surface area contributed by atoms with Gasteiger partial charge < -0.3 is 14.6 Å². The van der Waals surface area contributed by atoms with Crippen molar-refractivity contribution in [3.8, 4) is 17.1 Å². The van der Waals surface area contributed by atoms with Gasteiger partial charge in [-0.25, -0.2) is 0 Å². The Bertz CT molecular complexity index is 1000. The summed E-state index contributed by atoms with van der Waals surface area (Å²) in [5, 5.41) is 7.50. The lowest BCUT2D eigenvalue weighted by Crippen LogP contribution is -2.24. The Kier molecular flexibility index (Phi) is 6.61. The highest BCUT2D eigenvalue weighted by Gasteiger charge is 2.21. The largest absolute Gasteiger partial charge is 0.497 e. The van der Waals surface area contributed by atoms with Crippen LogP contribution in [0.4, 0.5) is 0 Å².